The number of nitrogens with one attached hydrogen (secondary N) is 1. The zero-order chi connectivity index (χ0) is 15.9. The molecule has 5 nitrogen and oxygen atoms in total. The number of hydrogen-bond acceptors (Lipinski definition) is 5. The highest BCUT2D eigenvalue weighted by Gasteiger charge is 2.11. The van der Waals surface area contributed by atoms with Crippen molar-refractivity contribution in [2.24, 2.45) is 0 Å². The molecule has 0 saturated carbocycles. The van der Waals surface area contributed by atoms with Gasteiger partial charge in [0.2, 0.25) is 0 Å². The fraction of sp³-hybridized carbons (Fsp3) is 0.375. The standard InChI is InChI=1S/C16H20N2O3S/c1-3-21-13-6-4-12(5-7-13)16-18-14(10-22-16)15(20)17-9-8-11(2)19/h4-7,10-11,19H,3,8-9H2,1-2H3,(H,17,20). The molecular weight excluding hydrogens is 300 g/mol. The van der Waals surface area contributed by atoms with Gasteiger partial charge in [-0.2, -0.15) is 0 Å². The Bertz CT molecular complexity index is 608. The molecule has 0 aliphatic rings. The highest BCUT2D eigenvalue weighted by Crippen LogP contribution is 2.25. The van der Waals surface area contributed by atoms with Crippen molar-refractivity contribution in [2.75, 3.05) is 13.2 Å². The SMILES string of the molecule is CCOc1ccc(-c2nc(C(=O)NCCC(C)O)cs2)cc1. The van der Waals surface area contributed by atoms with E-state index in [4.69, 9.17) is 4.74 Å². The van der Waals surface area contributed by atoms with Crippen molar-refractivity contribution in [2.45, 2.75) is 26.4 Å². The van der Waals surface area contributed by atoms with E-state index in [1.807, 2.05) is 31.2 Å². The molecule has 1 amide bonds. The van der Waals surface area contributed by atoms with Crippen molar-refractivity contribution >= 4 is 17.2 Å². The van der Waals surface area contributed by atoms with Crippen LogP contribution in [0.3, 0.4) is 0 Å². The average Bonchev–Trinajstić information content (AvgIpc) is 2.98. The predicted octanol–water partition coefficient (Wildman–Crippen LogP) is 2.71. The molecule has 2 N–H and O–H groups in total. The molecule has 2 aromatic rings. The monoisotopic (exact) mass is 320 g/mol. The summed E-state index contributed by atoms with van der Waals surface area (Å²) in [6, 6.07) is 7.64. The van der Waals surface area contributed by atoms with Gasteiger partial charge in [0.1, 0.15) is 16.5 Å². The Labute approximate surface area is 134 Å². The summed E-state index contributed by atoms with van der Waals surface area (Å²) in [7, 11) is 0. The topological polar surface area (TPSA) is 71.5 Å². The van der Waals surface area contributed by atoms with Crippen LogP contribution in [0.1, 0.15) is 30.8 Å². The van der Waals surface area contributed by atoms with E-state index in [-0.39, 0.29) is 5.91 Å². The molecule has 0 radical (unpaired) electrons. The molecule has 0 spiro atoms. The first kappa shape index (κ1) is 16.5. The van der Waals surface area contributed by atoms with Crippen LogP contribution >= 0.6 is 11.3 Å². The van der Waals surface area contributed by atoms with Gasteiger partial charge in [0.05, 0.1) is 12.7 Å². The van der Waals surface area contributed by atoms with Gasteiger partial charge >= 0.3 is 0 Å². The van der Waals surface area contributed by atoms with Crippen molar-refractivity contribution in [3.05, 3.63) is 35.3 Å². The molecule has 0 fully saturated rings. The Kier molecular flexibility index (Phi) is 5.91. The van der Waals surface area contributed by atoms with Crippen molar-refractivity contribution in [3.63, 3.8) is 0 Å². The Morgan fingerprint density at radius 2 is 2.14 bits per heavy atom. The Balaban J connectivity index is 1.99. The number of carbonyl (C=O) groups is 1. The molecule has 1 aromatic carbocycles. The van der Waals surface area contributed by atoms with Gasteiger partial charge in [-0.3, -0.25) is 4.79 Å². The normalized spacial score (nSPS) is 12.0. The van der Waals surface area contributed by atoms with Gasteiger partial charge in [0.25, 0.3) is 5.91 Å². The van der Waals surface area contributed by atoms with Crippen LogP contribution < -0.4 is 10.1 Å². The zero-order valence-corrected chi connectivity index (χ0v) is 13.5. The van der Waals surface area contributed by atoms with Gasteiger partial charge in [-0.15, -0.1) is 11.3 Å². The molecule has 0 aliphatic heterocycles. The summed E-state index contributed by atoms with van der Waals surface area (Å²) >= 11 is 1.43. The second-order valence-corrected chi connectivity index (χ2v) is 5.75. The van der Waals surface area contributed by atoms with Crippen LogP contribution in [0.5, 0.6) is 5.75 Å². The second kappa shape index (κ2) is 7.91. The molecule has 2 rings (SSSR count). The van der Waals surface area contributed by atoms with Gasteiger partial charge < -0.3 is 15.2 Å². The van der Waals surface area contributed by atoms with Crippen molar-refractivity contribution in [1.29, 1.82) is 0 Å². The molecule has 1 unspecified atom stereocenters. The lowest BCUT2D eigenvalue weighted by Crippen LogP contribution is -2.26. The first-order chi connectivity index (χ1) is 10.6. The van der Waals surface area contributed by atoms with E-state index in [9.17, 15) is 9.90 Å². The summed E-state index contributed by atoms with van der Waals surface area (Å²) in [6.45, 7) is 4.70. The number of nitrogens with zero attached hydrogens (tertiary/aromatic N) is 1. The summed E-state index contributed by atoms with van der Waals surface area (Å²) in [5.41, 5.74) is 1.36. The maximum Gasteiger partial charge on any atom is 0.270 e. The summed E-state index contributed by atoms with van der Waals surface area (Å²) in [4.78, 5) is 16.3. The van der Waals surface area contributed by atoms with Crippen molar-refractivity contribution < 1.29 is 14.6 Å². The molecule has 1 heterocycles. The number of benzene rings is 1. The van der Waals surface area contributed by atoms with E-state index >= 15 is 0 Å². The van der Waals surface area contributed by atoms with E-state index < -0.39 is 6.10 Å². The number of aliphatic hydroxyl groups excluding tert-OH is 1. The van der Waals surface area contributed by atoms with Crippen LogP contribution in [0.15, 0.2) is 29.6 Å². The summed E-state index contributed by atoms with van der Waals surface area (Å²) in [6.07, 6.45) is 0.108. The van der Waals surface area contributed by atoms with E-state index in [1.54, 1.807) is 12.3 Å². The minimum atomic E-state index is -0.421. The Hall–Kier alpha value is -1.92. The molecule has 6 heteroatoms. The minimum absolute atomic E-state index is 0.214. The average molecular weight is 320 g/mol. The third kappa shape index (κ3) is 4.54. The minimum Gasteiger partial charge on any atom is -0.494 e. The van der Waals surface area contributed by atoms with Gasteiger partial charge in [0, 0.05) is 17.5 Å². The van der Waals surface area contributed by atoms with Crippen molar-refractivity contribution in [3.8, 4) is 16.3 Å². The third-order valence-electron chi connectivity index (χ3n) is 3.00. The lowest BCUT2D eigenvalue weighted by atomic mass is 10.2. The molecule has 118 valence electrons. The highest BCUT2D eigenvalue weighted by atomic mass is 32.1. The number of amides is 1. The number of hydrogen-bond donors (Lipinski definition) is 2. The summed E-state index contributed by atoms with van der Waals surface area (Å²) in [5, 5.41) is 14.5. The zero-order valence-electron chi connectivity index (χ0n) is 12.7. The van der Waals surface area contributed by atoms with E-state index in [0.717, 1.165) is 16.3 Å². The van der Waals surface area contributed by atoms with E-state index in [0.29, 0.717) is 25.3 Å². The van der Waals surface area contributed by atoms with Crippen molar-refractivity contribution in [1.82, 2.24) is 10.3 Å². The molecule has 0 aliphatic carbocycles. The quantitative estimate of drug-likeness (QED) is 0.823. The van der Waals surface area contributed by atoms with Crippen LogP contribution in [0.4, 0.5) is 0 Å². The van der Waals surface area contributed by atoms with Crippen LogP contribution in [0, 0.1) is 0 Å². The molecular formula is C16H20N2O3S. The molecule has 0 saturated heterocycles. The maximum atomic E-state index is 11.9. The predicted molar refractivity (Wildman–Crippen MR) is 87.4 cm³/mol. The van der Waals surface area contributed by atoms with E-state index in [2.05, 4.69) is 10.3 Å². The Morgan fingerprint density at radius 1 is 1.41 bits per heavy atom. The molecule has 1 aromatic heterocycles. The maximum absolute atomic E-state index is 11.9. The third-order valence-corrected chi connectivity index (χ3v) is 3.89. The number of thiazole rings is 1. The van der Waals surface area contributed by atoms with Gasteiger partial charge in [-0.1, -0.05) is 0 Å². The van der Waals surface area contributed by atoms with Crippen LogP contribution in [0.2, 0.25) is 0 Å². The largest absolute Gasteiger partial charge is 0.494 e. The molecule has 0 bridgehead atoms. The summed E-state index contributed by atoms with van der Waals surface area (Å²) < 4.78 is 5.40. The van der Waals surface area contributed by atoms with Gasteiger partial charge in [-0.05, 0) is 44.5 Å². The fourth-order valence-electron chi connectivity index (χ4n) is 1.86. The number of rotatable bonds is 7. The lowest BCUT2D eigenvalue weighted by Gasteiger charge is -2.05. The van der Waals surface area contributed by atoms with Crippen LogP contribution in [-0.2, 0) is 0 Å². The fourth-order valence-corrected chi connectivity index (χ4v) is 2.66. The van der Waals surface area contributed by atoms with Gasteiger partial charge in [0.15, 0.2) is 0 Å². The second-order valence-electron chi connectivity index (χ2n) is 4.89. The first-order valence-electron chi connectivity index (χ1n) is 7.25. The number of carbonyl (C=O) groups excluding carboxylic acids is 1. The number of ether oxygens (including phenoxy) is 1. The smallest absolute Gasteiger partial charge is 0.270 e. The lowest BCUT2D eigenvalue weighted by molar-refractivity contribution is 0.0941. The van der Waals surface area contributed by atoms with Gasteiger partial charge in [-0.25, -0.2) is 4.98 Å². The summed E-state index contributed by atoms with van der Waals surface area (Å²) in [5.74, 6) is 0.605. The van der Waals surface area contributed by atoms with E-state index in [1.165, 1.54) is 11.3 Å². The highest BCUT2D eigenvalue weighted by molar-refractivity contribution is 7.13. The molecule has 22 heavy (non-hydrogen) atoms. The van der Waals surface area contributed by atoms with Crippen LogP contribution in [0.25, 0.3) is 10.6 Å². The number of aromatic nitrogens is 1. The number of aliphatic hydroxyl groups is 1. The Morgan fingerprint density at radius 3 is 2.77 bits per heavy atom. The van der Waals surface area contributed by atoms with Crippen LogP contribution in [-0.4, -0.2) is 35.3 Å². The first-order valence-corrected chi connectivity index (χ1v) is 8.13. The molecule has 1 atom stereocenters.